The fraction of sp³-hybridized carbons (Fsp3) is 0.636. The Balaban J connectivity index is 1.52. The molecule has 1 aliphatic carbocycles. The highest BCUT2D eigenvalue weighted by Gasteiger charge is 2.53. The highest BCUT2D eigenvalue weighted by atomic mass is 16.5. The third kappa shape index (κ3) is 2.87. The van der Waals surface area contributed by atoms with Crippen molar-refractivity contribution in [3.63, 3.8) is 0 Å². The zero-order valence-electron chi connectivity index (χ0n) is 15.9. The number of fused-ring (bicyclic) bond motifs is 2. The smallest absolute Gasteiger partial charge is 0.263 e. The first-order chi connectivity index (χ1) is 13.2. The SMILES string of the molecule is O=C(c1ccc2c(c1)[C@@]1(CCCCO1)C(=O)N2CC1CC1)N1CCCCC1. The molecule has 4 aliphatic rings. The maximum absolute atomic E-state index is 13.4. The van der Waals surface area contributed by atoms with Crippen LogP contribution in [-0.2, 0) is 15.1 Å². The molecule has 3 aliphatic heterocycles. The highest BCUT2D eigenvalue weighted by Crippen LogP contribution is 2.49. The van der Waals surface area contributed by atoms with Crippen LogP contribution in [0.25, 0.3) is 0 Å². The molecule has 0 bridgehead atoms. The number of ether oxygens (including phenoxy) is 1. The lowest BCUT2D eigenvalue weighted by atomic mass is 9.86. The monoisotopic (exact) mass is 368 g/mol. The van der Waals surface area contributed by atoms with Gasteiger partial charge in [-0.15, -0.1) is 0 Å². The van der Waals surface area contributed by atoms with E-state index in [0.717, 1.165) is 63.0 Å². The average Bonchev–Trinajstić information content (AvgIpc) is 3.53. The summed E-state index contributed by atoms with van der Waals surface area (Å²) >= 11 is 0. The quantitative estimate of drug-likeness (QED) is 0.821. The van der Waals surface area contributed by atoms with Crippen LogP contribution >= 0.6 is 0 Å². The van der Waals surface area contributed by atoms with E-state index in [0.29, 0.717) is 18.1 Å². The van der Waals surface area contributed by atoms with Crippen molar-refractivity contribution in [1.29, 1.82) is 0 Å². The summed E-state index contributed by atoms with van der Waals surface area (Å²) < 4.78 is 6.16. The second-order valence-electron chi connectivity index (χ2n) is 8.58. The molecular formula is C22H28N2O3. The molecule has 27 heavy (non-hydrogen) atoms. The number of hydrogen-bond donors (Lipinski definition) is 0. The highest BCUT2D eigenvalue weighted by molar-refractivity contribution is 6.08. The van der Waals surface area contributed by atoms with Gasteiger partial charge in [0.05, 0.1) is 5.69 Å². The van der Waals surface area contributed by atoms with Gasteiger partial charge in [-0.05, 0) is 75.5 Å². The van der Waals surface area contributed by atoms with Crippen molar-refractivity contribution in [3.8, 4) is 0 Å². The van der Waals surface area contributed by atoms with Gasteiger partial charge in [0.2, 0.25) is 0 Å². The second kappa shape index (κ2) is 6.62. The molecule has 0 aromatic heterocycles. The van der Waals surface area contributed by atoms with Gasteiger partial charge in [-0.2, -0.15) is 0 Å². The zero-order chi connectivity index (χ0) is 18.4. The molecule has 5 rings (SSSR count). The number of nitrogens with zero attached hydrogens (tertiary/aromatic N) is 2. The van der Waals surface area contributed by atoms with Gasteiger partial charge in [0, 0.05) is 37.4 Å². The maximum Gasteiger partial charge on any atom is 0.263 e. The normalized spacial score (nSPS) is 27.9. The summed E-state index contributed by atoms with van der Waals surface area (Å²) in [7, 11) is 0. The molecule has 0 N–H and O–H groups in total. The number of anilines is 1. The Morgan fingerprint density at radius 2 is 1.93 bits per heavy atom. The van der Waals surface area contributed by atoms with Gasteiger partial charge < -0.3 is 14.5 Å². The van der Waals surface area contributed by atoms with Gasteiger partial charge in [-0.3, -0.25) is 9.59 Å². The van der Waals surface area contributed by atoms with Gasteiger partial charge in [-0.1, -0.05) is 0 Å². The molecule has 144 valence electrons. The van der Waals surface area contributed by atoms with E-state index < -0.39 is 5.60 Å². The Morgan fingerprint density at radius 3 is 2.63 bits per heavy atom. The van der Waals surface area contributed by atoms with E-state index in [1.165, 1.54) is 19.3 Å². The van der Waals surface area contributed by atoms with Gasteiger partial charge in [0.25, 0.3) is 11.8 Å². The molecule has 1 aromatic carbocycles. The van der Waals surface area contributed by atoms with E-state index in [1.807, 2.05) is 28.0 Å². The molecule has 5 nitrogen and oxygen atoms in total. The third-order valence-electron chi connectivity index (χ3n) is 6.61. The van der Waals surface area contributed by atoms with E-state index in [2.05, 4.69) is 0 Å². The molecule has 0 unspecified atom stereocenters. The van der Waals surface area contributed by atoms with Crippen LogP contribution in [0.2, 0.25) is 0 Å². The topological polar surface area (TPSA) is 49.9 Å². The Labute approximate surface area is 160 Å². The summed E-state index contributed by atoms with van der Waals surface area (Å²) in [6.45, 7) is 3.08. The van der Waals surface area contributed by atoms with Crippen molar-refractivity contribution in [2.75, 3.05) is 31.1 Å². The summed E-state index contributed by atoms with van der Waals surface area (Å²) in [6.07, 6.45) is 8.49. The Hall–Kier alpha value is -1.88. The van der Waals surface area contributed by atoms with Crippen LogP contribution in [0.3, 0.4) is 0 Å². The number of likely N-dealkylation sites (tertiary alicyclic amines) is 1. The predicted molar refractivity (Wildman–Crippen MR) is 103 cm³/mol. The summed E-state index contributed by atoms with van der Waals surface area (Å²) in [4.78, 5) is 30.3. The van der Waals surface area contributed by atoms with Crippen LogP contribution in [0.15, 0.2) is 18.2 Å². The van der Waals surface area contributed by atoms with Crippen LogP contribution in [-0.4, -0.2) is 43.0 Å². The fourth-order valence-corrected chi connectivity index (χ4v) is 4.87. The van der Waals surface area contributed by atoms with E-state index in [4.69, 9.17) is 4.74 Å². The first-order valence-electron chi connectivity index (χ1n) is 10.6. The van der Waals surface area contributed by atoms with E-state index >= 15 is 0 Å². The minimum absolute atomic E-state index is 0.0895. The minimum atomic E-state index is -0.860. The summed E-state index contributed by atoms with van der Waals surface area (Å²) in [5, 5.41) is 0. The van der Waals surface area contributed by atoms with Crippen LogP contribution in [0.4, 0.5) is 5.69 Å². The lowest BCUT2D eigenvalue weighted by Crippen LogP contribution is -2.45. The molecule has 2 amide bonds. The molecule has 1 aromatic rings. The predicted octanol–water partition coefficient (Wildman–Crippen LogP) is 3.47. The molecule has 3 heterocycles. The largest absolute Gasteiger partial charge is 0.360 e. The molecule has 3 fully saturated rings. The minimum Gasteiger partial charge on any atom is -0.360 e. The number of carbonyl (C=O) groups excluding carboxylic acids is 2. The summed E-state index contributed by atoms with van der Waals surface area (Å²) in [5.41, 5.74) is 1.73. The zero-order valence-corrected chi connectivity index (χ0v) is 15.9. The number of carbonyl (C=O) groups is 2. The number of rotatable bonds is 3. The van der Waals surface area contributed by atoms with Crippen molar-refractivity contribution in [2.24, 2.45) is 5.92 Å². The first kappa shape index (κ1) is 17.2. The van der Waals surface area contributed by atoms with Gasteiger partial charge in [0.1, 0.15) is 0 Å². The van der Waals surface area contributed by atoms with E-state index in [1.54, 1.807) is 0 Å². The van der Waals surface area contributed by atoms with Gasteiger partial charge >= 0.3 is 0 Å². The summed E-state index contributed by atoms with van der Waals surface area (Å²) in [5.74, 6) is 0.804. The first-order valence-corrected chi connectivity index (χ1v) is 10.6. The number of hydrogen-bond acceptors (Lipinski definition) is 3. The molecule has 1 spiro atoms. The second-order valence-corrected chi connectivity index (χ2v) is 8.58. The standard InChI is InChI=1S/C22H28N2O3/c25-20(23-11-3-1-4-12-23)17-8-9-19-18(14-17)22(10-2-5-13-27-22)21(26)24(19)15-16-6-7-16/h8-9,14,16H,1-7,10-13,15H2/t22-/m0/s1. The van der Waals surface area contributed by atoms with Crippen LogP contribution in [0.1, 0.15) is 67.3 Å². The molecule has 0 radical (unpaired) electrons. The van der Waals surface area contributed by atoms with Crippen molar-refractivity contribution < 1.29 is 14.3 Å². The van der Waals surface area contributed by atoms with Crippen LogP contribution in [0.5, 0.6) is 0 Å². The average molecular weight is 368 g/mol. The van der Waals surface area contributed by atoms with E-state index in [-0.39, 0.29) is 11.8 Å². The molecule has 5 heteroatoms. The van der Waals surface area contributed by atoms with Crippen LogP contribution in [0, 0.1) is 5.92 Å². The fourth-order valence-electron chi connectivity index (χ4n) is 4.87. The third-order valence-corrected chi connectivity index (χ3v) is 6.61. The molecule has 1 atom stereocenters. The van der Waals surface area contributed by atoms with Crippen molar-refractivity contribution in [3.05, 3.63) is 29.3 Å². The van der Waals surface area contributed by atoms with Crippen molar-refractivity contribution >= 4 is 17.5 Å². The Kier molecular flexibility index (Phi) is 4.23. The lowest BCUT2D eigenvalue weighted by Gasteiger charge is -2.33. The molecule has 2 saturated heterocycles. The molecular weight excluding hydrogens is 340 g/mol. The Morgan fingerprint density at radius 1 is 1.11 bits per heavy atom. The van der Waals surface area contributed by atoms with Crippen molar-refractivity contribution in [2.45, 2.75) is 57.0 Å². The Bertz CT molecular complexity index is 759. The molecule has 1 saturated carbocycles. The van der Waals surface area contributed by atoms with Gasteiger partial charge in [-0.25, -0.2) is 0 Å². The van der Waals surface area contributed by atoms with E-state index in [9.17, 15) is 9.59 Å². The maximum atomic E-state index is 13.4. The van der Waals surface area contributed by atoms with Crippen LogP contribution < -0.4 is 4.90 Å². The number of benzene rings is 1. The lowest BCUT2D eigenvalue weighted by molar-refractivity contribution is -0.150. The number of piperidine rings is 1. The summed E-state index contributed by atoms with van der Waals surface area (Å²) in [6, 6.07) is 5.85. The number of amides is 2. The van der Waals surface area contributed by atoms with Crippen molar-refractivity contribution in [1.82, 2.24) is 4.90 Å². The van der Waals surface area contributed by atoms with Gasteiger partial charge in [0.15, 0.2) is 5.60 Å².